The summed E-state index contributed by atoms with van der Waals surface area (Å²) in [6, 6.07) is 3.10. The number of esters is 1. The van der Waals surface area contributed by atoms with Crippen LogP contribution in [0.4, 0.5) is 10.1 Å². The van der Waals surface area contributed by atoms with E-state index >= 15 is 0 Å². The Bertz CT molecular complexity index is 571. The number of halogens is 1. The Morgan fingerprint density at radius 1 is 1.47 bits per heavy atom. The van der Waals surface area contributed by atoms with Crippen LogP contribution in [-0.4, -0.2) is 39.5 Å². The maximum absolute atomic E-state index is 13.2. The number of ether oxygens (including phenoxy) is 1. The number of carbonyl (C=O) groups is 1. The van der Waals surface area contributed by atoms with Gasteiger partial charge in [0.25, 0.3) is 0 Å². The fourth-order valence-corrected chi connectivity index (χ4v) is 2.68. The second-order valence-corrected chi connectivity index (χ2v) is 6.50. The van der Waals surface area contributed by atoms with Crippen molar-refractivity contribution in [3.63, 3.8) is 0 Å². The summed E-state index contributed by atoms with van der Waals surface area (Å²) in [5.41, 5.74) is 0.368. The van der Waals surface area contributed by atoms with Gasteiger partial charge in [0, 0.05) is 12.3 Å². The van der Waals surface area contributed by atoms with Gasteiger partial charge in [0.1, 0.15) is 15.7 Å². The molecule has 0 amide bonds. The van der Waals surface area contributed by atoms with Crippen molar-refractivity contribution in [1.82, 2.24) is 0 Å². The van der Waals surface area contributed by atoms with Crippen LogP contribution in [-0.2, 0) is 14.6 Å². The van der Waals surface area contributed by atoms with E-state index < -0.39 is 27.7 Å². The summed E-state index contributed by atoms with van der Waals surface area (Å²) < 4.78 is 40.1. The molecular formula is C12H16FNO4S. The minimum atomic E-state index is -3.16. The number of hydrogen-bond donors (Lipinski definition) is 1. The van der Waals surface area contributed by atoms with Gasteiger partial charge < -0.3 is 10.1 Å². The molecule has 0 fully saturated rings. The molecule has 0 bridgehead atoms. The van der Waals surface area contributed by atoms with E-state index in [0.29, 0.717) is 0 Å². The molecule has 1 aromatic carbocycles. The molecule has 0 heterocycles. The lowest BCUT2D eigenvalue weighted by molar-refractivity contribution is 0.0601. The van der Waals surface area contributed by atoms with Gasteiger partial charge in [-0.2, -0.15) is 0 Å². The molecule has 5 nitrogen and oxygen atoms in total. The van der Waals surface area contributed by atoms with Crippen LogP contribution in [0.15, 0.2) is 18.2 Å². The van der Waals surface area contributed by atoms with Crippen LogP contribution in [0.5, 0.6) is 0 Å². The van der Waals surface area contributed by atoms with Crippen LogP contribution in [0, 0.1) is 5.82 Å². The van der Waals surface area contributed by atoms with Crippen molar-refractivity contribution >= 4 is 21.5 Å². The van der Waals surface area contributed by atoms with E-state index in [1.807, 2.05) is 0 Å². The highest BCUT2D eigenvalue weighted by atomic mass is 32.2. The lowest BCUT2D eigenvalue weighted by Gasteiger charge is -2.16. The van der Waals surface area contributed by atoms with Gasteiger partial charge in [0.05, 0.1) is 24.1 Å². The van der Waals surface area contributed by atoms with Crippen molar-refractivity contribution in [2.45, 2.75) is 13.0 Å². The summed E-state index contributed by atoms with van der Waals surface area (Å²) >= 11 is 0. The molecule has 106 valence electrons. The largest absolute Gasteiger partial charge is 0.465 e. The minimum Gasteiger partial charge on any atom is -0.465 e. The summed E-state index contributed by atoms with van der Waals surface area (Å²) in [5.74, 6) is -1.26. The molecule has 1 unspecified atom stereocenters. The fourth-order valence-electron chi connectivity index (χ4n) is 1.69. The van der Waals surface area contributed by atoms with Crippen LogP contribution in [0.3, 0.4) is 0 Å². The summed E-state index contributed by atoms with van der Waals surface area (Å²) in [5, 5.41) is 2.80. The average molecular weight is 289 g/mol. The third kappa shape index (κ3) is 4.86. The van der Waals surface area contributed by atoms with Crippen LogP contribution < -0.4 is 5.32 Å². The number of anilines is 1. The first-order chi connectivity index (χ1) is 8.73. The zero-order valence-electron chi connectivity index (χ0n) is 10.9. The molecule has 0 aromatic heterocycles. The maximum Gasteiger partial charge on any atom is 0.339 e. The van der Waals surface area contributed by atoms with Gasteiger partial charge >= 0.3 is 5.97 Å². The first-order valence-electron chi connectivity index (χ1n) is 5.55. The van der Waals surface area contributed by atoms with E-state index in [0.717, 1.165) is 18.4 Å². The van der Waals surface area contributed by atoms with E-state index in [9.17, 15) is 17.6 Å². The van der Waals surface area contributed by atoms with Crippen LogP contribution in [0.2, 0.25) is 0 Å². The minimum absolute atomic E-state index is 0.121. The van der Waals surface area contributed by atoms with Crippen molar-refractivity contribution in [2.75, 3.05) is 24.4 Å². The topological polar surface area (TPSA) is 72.5 Å². The van der Waals surface area contributed by atoms with Gasteiger partial charge in [0.15, 0.2) is 0 Å². The predicted octanol–water partition coefficient (Wildman–Crippen LogP) is 1.46. The molecule has 0 aliphatic carbocycles. The highest BCUT2D eigenvalue weighted by molar-refractivity contribution is 7.90. The van der Waals surface area contributed by atoms with Gasteiger partial charge in [-0.3, -0.25) is 0 Å². The zero-order valence-corrected chi connectivity index (χ0v) is 11.8. The molecule has 0 spiro atoms. The summed E-state index contributed by atoms with van der Waals surface area (Å²) in [4.78, 5) is 11.5. The third-order valence-corrected chi connectivity index (χ3v) is 3.45. The number of rotatable bonds is 5. The van der Waals surface area contributed by atoms with Crippen LogP contribution >= 0.6 is 0 Å². The lowest BCUT2D eigenvalue weighted by atomic mass is 10.1. The van der Waals surface area contributed by atoms with E-state index in [-0.39, 0.29) is 17.0 Å². The first kappa shape index (κ1) is 15.4. The Morgan fingerprint density at radius 3 is 2.63 bits per heavy atom. The number of carbonyl (C=O) groups excluding carboxylic acids is 1. The Kier molecular flexibility index (Phi) is 4.88. The SMILES string of the molecule is COC(=O)c1ccc(F)cc1NC(C)CS(C)(=O)=O. The second-order valence-electron chi connectivity index (χ2n) is 4.32. The van der Waals surface area contributed by atoms with Gasteiger partial charge in [0.2, 0.25) is 0 Å². The summed E-state index contributed by atoms with van der Waals surface area (Å²) in [6.45, 7) is 1.63. The van der Waals surface area contributed by atoms with Crippen molar-refractivity contribution < 1.29 is 22.3 Å². The van der Waals surface area contributed by atoms with Crippen LogP contribution in [0.25, 0.3) is 0 Å². The molecule has 1 N–H and O–H groups in total. The fraction of sp³-hybridized carbons (Fsp3) is 0.417. The van der Waals surface area contributed by atoms with Gasteiger partial charge in [-0.05, 0) is 25.1 Å². The predicted molar refractivity (Wildman–Crippen MR) is 70.5 cm³/mol. The number of sulfone groups is 1. The van der Waals surface area contributed by atoms with Crippen molar-refractivity contribution in [3.8, 4) is 0 Å². The molecule has 0 aliphatic heterocycles. The molecule has 0 radical (unpaired) electrons. The number of benzene rings is 1. The molecule has 1 atom stereocenters. The van der Waals surface area contributed by atoms with E-state index in [4.69, 9.17) is 0 Å². The van der Waals surface area contributed by atoms with Gasteiger partial charge in [-0.15, -0.1) is 0 Å². The highest BCUT2D eigenvalue weighted by Gasteiger charge is 2.16. The van der Waals surface area contributed by atoms with Gasteiger partial charge in [-0.1, -0.05) is 0 Å². The monoisotopic (exact) mass is 289 g/mol. The van der Waals surface area contributed by atoms with E-state index in [2.05, 4.69) is 10.1 Å². The quantitative estimate of drug-likeness (QED) is 0.831. The second kappa shape index (κ2) is 6.01. The summed E-state index contributed by atoms with van der Waals surface area (Å²) in [6.07, 6.45) is 1.11. The lowest BCUT2D eigenvalue weighted by Crippen LogP contribution is -2.26. The maximum atomic E-state index is 13.2. The normalized spacial score (nSPS) is 12.8. The molecule has 19 heavy (non-hydrogen) atoms. The molecule has 1 rings (SSSR count). The first-order valence-corrected chi connectivity index (χ1v) is 7.61. The Morgan fingerprint density at radius 2 is 2.11 bits per heavy atom. The Balaban J connectivity index is 2.99. The molecule has 7 heteroatoms. The van der Waals surface area contributed by atoms with E-state index in [1.54, 1.807) is 6.92 Å². The molecule has 1 aromatic rings. The average Bonchev–Trinajstić information content (AvgIpc) is 2.25. The molecule has 0 saturated carbocycles. The molecule has 0 saturated heterocycles. The van der Waals surface area contributed by atoms with Crippen molar-refractivity contribution in [1.29, 1.82) is 0 Å². The smallest absolute Gasteiger partial charge is 0.339 e. The number of nitrogens with one attached hydrogen (secondary N) is 1. The number of methoxy groups -OCH3 is 1. The standard InChI is InChI=1S/C12H16FNO4S/c1-8(7-19(3,16)17)14-11-6-9(13)4-5-10(11)12(15)18-2/h4-6,8,14H,7H2,1-3H3. The van der Waals surface area contributed by atoms with E-state index in [1.165, 1.54) is 13.2 Å². The third-order valence-electron chi connectivity index (χ3n) is 2.34. The van der Waals surface area contributed by atoms with Crippen molar-refractivity contribution in [2.24, 2.45) is 0 Å². The molecular weight excluding hydrogens is 273 g/mol. The zero-order chi connectivity index (χ0) is 14.6. The number of hydrogen-bond acceptors (Lipinski definition) is 5. The molecule has 0 aliphatic rings. The van der Waals surface area contributed by atoms with Crippen LogP contribution in [0.1, 0.15) is 17.3 Å². The van der Waals surface area contributed by atoms with Gasteiger partial charge in [-0.25, -0.2) is 17.6 Å². The Labute approximate surface area is 111 Å². The Hall–Kier alpha value is -1.63. The van der Waals surface area contributed by atoms with Crippen molar-refractivity contribution in [3.05, 3.63) is 29.6 Å². The summed E-state index contributed by atoms with van der Waals surface area (Å²) in [7, 11) is -1.95. The highest BCUT2D eigenvalue weighted by Crippen LogP contribution is 2.19.